The van der Waals surface area contributed by atoms with E-state index in [0.717, 1.165) is 31.9 Å². The van der Waals surface area contributed by atoms with Gasteiger partial charge in [0.1, 0.15) is 6.10 Å². The topological polar surface area (TPSA) is 29.5 Å². The predicted molar refractivity (Wildman–Crippen MR) is 65.7 cm³/mol. The summed E-state index contributed by atoms with van der Waals surface area (Å²) in [4.78, 5) is 14.6. The summed E-state index contributed by atoms with van der Waals surface area (Å²) in [5, 5.41) is 0. The van der Waals surface area contributed by atoms with Crippen LogP contribution in [0.1, 0.15) is 51.4 Å². The van der Waals surface area contributed by atoms with E-state index in [9.17, 15) is 4.79 Å². The fourth-order valence-corrected chi connectivity index (χ4v) is 3.86. The molecule has 0 bridgehead atoms. The van der Waals surface area contributed by atoms with Crippen LogP contribution >= 0.6 is 0 Å². The van der Waals surface area contributed by atoms with Gasteiger partial charge in [0.25, 0.3) is 5.91 Å². The minimum atomic E-state index is -0.114. The Hall–Kier alpha value is -0.570. The number of carbonyl (C=O) groups is 1. The first-order valence-corrected chi connectivity index (χ1v) is 7.28. The molecular formula is C14H23NO2. The fraction of sp³-hybridized carbons (Fsp3) is 0.929. The van der Waals surface area contributed by atoms with Gasteiger partial charge in [-0.2, -0.15) is 0 Å². The summed E-state index contributed by atoms with van der Waals surface area (Å²) in [6, 6.07) is 0.536. The molecule has 0 N–H and O–H groups in total. The van der Waals surface area contributed by atoms with Gasteiger partial charge in [-0.3, -0.25) is 4.79 Å². The van der Waals surface area contributed by atoms with Crippen LogP contribution in [0.4, 0.5) is 0 Å². The minimum absolute atomic E-state index is 0.114. The first-order valence-electron chi connectivity index (χ1n) is 7.28. The van der Waals surface area contributed by atoms with Gasteiger partial charge in [-0.15, -0.1) is 0 Å². The van der Waals surface area contributed by atoms with E-state index in [-0.39, 0.29) is 12.0 Å². The lowest BCUT2D eigenvalue weighted by molar-refractivity contribution is -0.142. The van der Waals surface area contributed by atoms with Crippen LogP contribution < -0.4 is 0 Å². The highest BCUT2D eigenvalue weighted by Crippen LogP contribution is 2.36. The summed E-state index contributed by atoms with van der Waals surface area (Å²) in [6.07, 6.45) is 9.69. The first kappa shape index (κ1) is 11.5. The van der Waals surface area contributed by atoms with Gasteiger partial charge in [-0.05, 0) is 44.4 Å². The minimum Gasteiger partial charge on any atom is -0.368 e. The van der Waals surface area contributed by atoms with Gasteiger partial charge in [0.2, 0.25) is 0 Å². The number of hydrogen-bond acceptors (Lipinski definition) is 2. The molecule has 1 aliphatic carbocycles. The standard InChI is InChI=1S/C14H23NO2/c16-14(13-8-4-10-17-13)15-9-3-7-12(15)11-5-1-2-6-11/h11-13H,1-10H2. The second-order valence-corrected chi connectivity index (χ2v) is 5.79. The molecule has 3 fully saturated rings. The summed E-state index contributed by atoms with van der Waals surface area (Å²) < 4.78 is 5.55. The van der Waals surface area contributed by atoms with Crippen molar-refractivity contribution in [2.45, 2.75) is 63.5 Å². The molecule has 3 nitrogen and oxygen atoms in total. The molecule has 1 amide bonds. The van der Waals surface area contributed by atoms with E-state index in [0.29, 0.717) is 6.04 Å². The number of carbonyl (C=O) groups excluding carboxylic acids is 1. The third-order valence-corrected chi connectivity index (χ3v) is 4.73. The Labute approximate surface area is 104 Å². The molecule has 2 aliphatic heterocycles. The molecule has 17 heavy (non-hydrogen) atoms. The van der Waals surface area contributed by atoms with Gasteiger partial charge in [0, 0.05) is 19.2 Å². The Morgan fingerprint density at radius 2 is 1.82 bits per heavy atom. The van der Waals surface area contributed by atoms with E-state index in [2.05, 4.69) is 4.90 Å². The van der Waals surface area contributed by atoms with Crippen LogP contribution in [0.2, 0.25) is 0 Å². The van der Waals surface area contributed by atoms with E-state index in [1.807, 2.05) is 0 Å². The van der Waals surface area contributed by atoms with Gasteiger partial charge in [-0.1, -0.05) is 12.8 Å². The van der Waals surface area contributed by atoms with Crippen molar-refractivity contribution in [2.75, 3.05) is 13.2 Å². The predicted octanol–water partition coefficient (Wildman–Crippen LogP) is 2.35. The van der Waals surface area contributed by atoms with Crippen molar-refractivity contribution in [2.24, 2.45) is 5.92 Å². The Bertz CT molecular complexity index is 280. The lowest BCUT2D eigenvalue weighted by Gasteiger charge is -2.31. The lowest BCUT2D eigenvalue weighted by Crippen LogP contribution is -2.44. The fourth-order valence-electron chi connectivity index (χ4n) is 3.86. The molecule has 1 saturated carbocycles. The normalized spacial score (nSPS) is 34.7. The highest BCUT2D eigenvalue weighted by atomic mass is 16.5. The molecule has 0 aromatic rings. The van der Waals surface area contributed by atoms with Crippen molar-refractivity contribution < 1.29 is 9.53 Å². The molecule has 0 aromatic carbocycles. The van der Waals surface area contributed by atoms with Gasteiger partial charge >= 0.3 is 0 Å². The number of rotatable bonds is 2. The lowest BCUT2D eigenvalue weighted by atomic mass is 9.95. The number of amides is 1. The maximum absolute atomic E-state index is 12.4. The van der Waals surface area contributed by atoms with E-state index in [1.165, 1.54) is 38.5 Å². The third kappa shape index (κ3) is 2.22. The molecule has 0 radical (unpaired) electrons. The molecular weight excluding hydrogens is 214 g/mol. The molecule has 96 valence electrons. The van der Waals surface area contributed by atoms with Crippen molar-refractivity contribution in [3.8, 4) is 0 Å². The SMILES string of the molecule is O=C(C1CCCO1)N1CCCC1C1CCCC1. The number of likely N-dealkylation sites (tertiary alicyclic amines) is 1. The van der Waals surface area contributed by atoms with Crippen molar-refractivity contribution in [3.63, 3.8) is 0 Å². The van der Waals surface area contributed by atoms with Crippen molar-refractivity contribution in [3.05, 3.63) is 0 Å². The largest absolute Gasteiger partial charge is 0.368 e. The average Bonchev–Trinajstić information content (AvgIpc) is 3.09. The van der Waals surface area contributed by atoms with E-state index >= 15 is 0 Å². The second-order valence-electron chi connectivity index (χ2n) is 5.79. The quantitative estimate of drug-likeness (QED) is 0.738. The molecule has 2 saturated heterocycles. The zero-order valence-electron chi connectivity index (χ0n) is 10.6. The van der Waals surface area contributed by atoms with Crippen LogP contribution in [0.5, 0.6) is 0 Å². The van der Waals surface area contributed by atoms with Crippen LogP contribution in [-0.2, 0) is 9.53 Å². The maximum atomic E-state index is 12.4. The maximum Gasteiger partial charge on any atom is 0.251 e. The Morgan fingerprint density at radius 1 is 1.00 bits per heavy atom. The summed E-state index contributed by atoms with van der Waals surface area (Å²) in [6.45, 7) is 1.75. The zero-order chi connectivity index (χ0) is 11.7. The van der Waals surface area contributed by atoms with Crippen molar-refractivity contribution in [1.29, 1.82) is 0 Å². The first-order chi connectivity index (χ1) is 8.36. The van der Waals surface area contributed by atoms with Crippen LogP contribution in [-0.4, -0.2) is 36.1 Å². The molecule has 2 atom stereocenters. The van der Waals surface area contributed by atoms with Crippen molar-refractivity contribution >= 4 is 5.91 Å². The third-order valence-electron chi connectivity index (χ3n) is 4.73. The van der Waals surface area contributed by atoms with Crippen molar-refractivity contribution in [1.82, 2.24) is 4.90 Å². The van der Waals surface area contributed by atoms with Crippen LogP contribution in [0.3, 0.4) is 0 Å². The molecule has 2 heterocycles. The Morgan fingerprint density at radius 3 is 2.53 bits per heavy atom. The number of nitrogens with zero attached hydrogens (tertiary/aromatic N) is 1. The monoisotopic (exact) mass is 237 g/mol. The summed E-state index contributed by atoms with van der Waals surface area (Å²) >= 11 is 0. The van der Waals surface area contributed by atoms with Gasteiger partial charge in [0.05, 0.1) is 0 Å². The second kappa shape index (κ2) is 4.97. The smallest absolute Gasteiger partial charge is 0.251 e. The average molecular weight is 237 g/mol. The summed E-state index contributed by atoms with van der Waals surface area (Å²) in [7, 11) is 0. The molecule has 3 aliphatic rings. The molecule has 0 spiro atoms. The molecule has 3 heteroatoms. The number of ether oxygens (including phenoxy) is 1. The van der Waals surface area contributed by atoms with E-state index in [1.54, 1.807) is 0 Å². The Balaban J connectivity index is 1.65. The molecule has 3 rings (SSSR count). The van der Waals surface area contributed by atoms with Gasteiger partial charge in [-0.25, -0.2) is 0 Å². The highest BCUT2D eigenvalue weighted by molar-refractivity contribution is 5.81. The van der Waals surface area contributed by atoms with E-state index in [4.69, 9.17) is 4.74 Å². The van der Waals surface area contributed by atoms with Gasteiger partial charge in [0.15, 0.2) is 0 Å². The zero-order valence-corrected chi connectivity index (χ0v) is 10.6. The summed E-state index contributed by atoms with van der Waals surface area (Å²) in [5.74, 6) is 1.07. The summed E-state index contributed by atoms with van der Waals surface area (Å²) in [5.41, 5.74) is 0. The number of hydrogen-bond donors (Lipinski definition) is 0. The highest BCUT2D eigenvalue weighted by Gasteiger charge is 2.39. The van der Waals surface area contributed by atoms with E-state index < -0.39 is 0 Å². The van der Waals surface area contributed by atoms with Crippen LogP contribution in [0.25, 0.3) is 0 Å². The molecule has 0 aromatic heterocycles. The van der Waals surface area contributed by atoms with Crippen LogP contribution in [0.15, 0.2) is 0 Å². The van der Waals surface area contributed by atoms with Crippen LogP contribution in [0, 0.1) is 5.92 Å². The van der Waals surface area contributed by atoms with Gasteiger partial charge < -0.3 is 9.64 Å². The molecule has 2 unspecified atom stereocenters. The Kier molecular flexibility index (Phi) is 3.37.